The fraction of sp³-hybridized carbons (Fsp3) is 0.667. The number of allylic oxidation sites excluding steroid dienone is 3. The third-order valence-electron chi connectivity index (χ3n) is 3.94. The van der Waals surface area contributed by atoms with E-state index in [2.05, 4.69) is 19.9 Å². The van der Waals surface area contributed by atoms with Crippen LogP contribution >= 0.6 is 0 Å². The van der Waals surface area contributed by atoms with E-state index in [1.165, 1.54) is 5.57 Å². The first-order valence-corrected chi connectivity index (χ1v) is 6.45. The Morgan fingerprint density at radius 2 is 2.18 bits per heavy atom. The highest BCUT2D eigenvalue weighted by Crippen LogP contribution is 2.45. The number of fused-ring (bicyclic) bond motifs is 1. The molecule has 0 N–H and O–H groups in total. The summed E-state index contributed by atoms with van der Waals surface area (Å²) in [6.07, 6.45) is 5.91. The predicted molar refractivity (Wildman–Crippen MR) is 68.9 cm³/mol. The number of hydrogen-bond acceptors (Lipinski definition) is 2. The molecule has 1 aliphatic carbocycles. The van der Waals surface area contributed by atoms with E-state index in [0.29, 0.717) is 6.42 Å². The molecule has 17 heavy (non-hydrogen) atoms. The average Bonchev–Trinajstić information content (AvgIpc) is 2.84. The van der Waals surface area contributed by atoms with Gasteiger partial charge in [0.25, 0.3) is 0 Å². The first kappa shape index (κ1) is 12.6. The first-order chi connectivity index (χ1) is 7.92. The third kappa shape index (κ3) is 2.68. The molecular weight excluding hydrogens is 212 g/mol. The lowest BCUT2D eigenvalue weighted by Gasteiger charge is -2.12. The average molecular weight is 234 g/mol. The molecule has 0 saturated carbocycles. The highest BCUT2D eigenvalue weighted by Gasteiger charge is 2.51. The Labute approximate surface area is 104 Å². The van der Waals surface area contributed by atoms with Crippen molar-refractivity contribution in [2.24, 2.45) is 0 Å². The highest BCUT2D eigenvalue weighted by molar-refractivity contribution is 5.97. The lowest BCUT2D eigenvalue weighted by atomic mass is 9.89. The van der Waals surface area contributed by atoms with Gasteiger partial charge in [0.2, 0.25) is 0 Å². The molecule has 1 fully saturated rings. The standard InChI is InChI=1S/C15H22O2/c1-10(2)12-9-14-15(4,17-14)7-5-6-11(3)8-13(12)16/h6,14H,5,7-9H2,1-4H3/b11-6-/t14-,15-/m0/s1. The molecule has 0 aromatic rings. The summed E-state index contributed by atoms with van der Waals surface area (Å²) in [5.74, 6) is 0.276. The fourth-order valence-electron chi connectivity index (χ4n) is 2.59. The van der Waals surface area contributed by atoms with Crippen molar-refractivity contribution in [2.45, 2.75) is 65.1 Å². The van der Waals surface area contributed by atoms with E-state index in [1.807, 2.05) is 13.8 Å². The van der Waals surface area contributed by atoms with E-state index >= 15 is 0 Å². The Morgan fingerprint density at radius 1 is 1.47 bits per heavy atom. The second-order valence-corrected chi connectivity index (χ2v) is 5.79. The molecule has 0 bridgehead atoms. The molecule has 0 spiro atoms. The van der Waals surface area contributed by atoms with E-state index in [0.717, 1.165) is 30.4 Å². The zero-order valence-electron chi connectivity index (χ0n) is 11.3. The molecule has 2 rings (SSSR count). The minimum atomic E-state index is 0.00903. The highest BCUT2D eigenvalue weighted by atomic mass is 16.6. The topological polar surface area (TPSA) is 29.6 Å². The Balaban J connectivity index is 2.25. The van der Waals surface area contributed by atoms with Gasteiger partial charge in [-0.05, 0) is 46.1 Å². The van der Waals surface area contributed by atoms with Crippen molar-refractivity contribution in [1.29, 1.82) is 0 Å². The van der Waals surface area contributed by atoms with Gasteiger partial charge < -0.3 is 4.74 Å². The van der Waals surface area contributed by atoms with Gasteiger partial charge in [-0.2, -0.15) is 0 Å². The van der Waals surface area contributed by atoms with Crippen molar-refractivity contribution < 1.29 is 9.53 Å². The van der Waals surface area contributed by atoms with Crippen LogP contribution < -0.4 is 0 Å². The summed E-state index contributed by atoms with van der Waals surface area (Å²) in [5, 5.41) is 0. The maximum Gasteiger partial charge on any atom is 0.162 e. The van der Waals surface area contributed by atoms with Crippen LogP contribution in [0.1, 0.15) is 53.4 Å². The van der Waals surface area contributed by atoms with Gasteiger partial charge in [0.05, 0.1) is 11.7 Å². The Bertz CT molecular complexity index is 399. The van der Waals surface area contributed by atoms with Crippen LogP contribution in [0.4, 0.5) is 0 Å². The molecule has 2 atom stereocenters. The molecule has 1 heterocycles. The van der Waals surface area contributed by atoms with Crippen molar-refractivity contribution in [1.82, 2.24) is 0 Å². The lowest BCUT2D eigenvalue weighted by Crippen LogP contribution is -2.15. The molecular formula is C15H22O2. The molecule has 0 aromatic carbocycles. The summed E-state index contributed by atoms with van der Waals surface area (Å²) in [6.45, 7) is 8.26. The molecule has 2 heteroatoms. The summed E-state index contributed by atoms with van der Waals surface area (Å²) in [6, 6.07) is 0. The predicted octanol–water partition coefficient (Wildman–Crippen LogP) is 3.57. The zero-order valence-corrected chi connectivity index (χ0v) is 11.3. The lowest BCUT2D eigenvalue weighted by molar-refractivity contribution is -0.115. The number of Topliss-reactive ketones (excluding diaryl/α,β-unsaturated/α-hetero) is 1. The summed E-state index contributed by atoms with van der Waals surface area (Å²) < 4.78 is 5.78. The smallest absolute Gasteiger partial charge is 0.162 e. The van der Waals surface area contributed by atoms with E-state index in [-0.39, 0.29) is 17.5 Å². The quantitative estimate of drug-likeness (QED) is 0.364. The van der Waals surface area contributed by atoms with Gasteiger partial charge in [0.1, 0.15) is 0 Å². The van der Waals surface area contributed by atoms with Gasteiger partial charge in [0, 0.05) is 12.8 Å². The van der Waals surface area contributed by atoms with E-state index in [1.54, 1.807) is 0 Å². The molecule has 1 aliphatic heterocycles. The molecule has 94 valence electrons. The van der Waals surface area contributed by atoms with Crippen molar-refractivity contribution in [3.8, 4) is 0 Å². The van der Waals surface area contributed by atoms with Crippen LogP contribution in [-0.4, -0.2) is 17.5 Å². The molecule has 1 saturated heterocycles. The largest absolute Gasteiger partial charge is 0.366 e. The molecule has 0 unspecified atom stereocenters. The maximum absolute atomic E-state index is 12.2. The number of ketones is 1. The Morgan fingerprint density at radius 3 is 2.82 bits per heavy atom. The number of ether oxygens (including phenoxy) is 1. The van der Waals surface area contributed by atoms with Gasteiger partial charge >= 0.3 is 0 Å². The maximum atomic E-state index is 12.2. The minimum Gasteiger partial charge on any atom is -0.366 e. The van der Waals surface area contributed by atoms with Crippen LogP contribution in [0.5, 0.6) is 0 Å². The zero-order chi connectivity index (χ0) is 12.6. The SMILES string of the molecule is CC(C)=C1C[C@@H]2O[C@@]2(C)CC/C=C(/C)CC1=O. The summed E-state index contributed by atoms with van der Waals surface area (Å²) in [5.41, 5.74) is 3.32. The summed E-state index contributed by atoms with van der Waals surface area (Å²) >= 11 is 0. The van der Waals surface area contributed by atoms with Gasteiger partial charge in [-0.3, -0.25) is 4.79 Å². The van der Waals surface area contributed by atoms with Gasteiger partial charge in [-0.1, -0.05) is 17.2 Å². The summed E-state index contributed by atoms with van der Waals surface area (Å²) in [4.78, 5) is 12.2. The monoisotopic (exact) mass is 234 g/mol. The number of hydrogen-bond donors (Lipinski definition) is 0. The van der Waals surface area contributed by atoms with Crippen LogP contribution in [0.15, 0.2) is 22.8 Å². The van der Waals surface area contributed by atoms with Crippen LogP contribution in [0.25, 0.3) is 0 Å². The van der Waals surface area contributed by atoms with Gasteiger partial charge in [0.15, 0.2) is 5.78 Å². The molecule has 0 radical (unpaired) electrons. The molecule has 2 aliphatic rings. The number of epoxide rings is 1. The molecule has 2 nitrogen and oxygen atoms in total. The second-order valence-electron chi connectivity index (χ2n) is 5.79. The second kappa shape index (κ2) is 4.41. The van der Waals surface area contributed by atoms with E-state index < -0.39 is 0 Å². The third-order valence-corrected chi connectivity index (χ3v) is 3.94. The number of rotatable bonds is 0. The van der Waals surface area contributed by atoms with Gasteiger partial charge in [-0.15, -0.1) is 0 Å². The van der Waals surface area contributed by atoms with E-state index in [4.69, 9.17) is 4.74 Å². The van der Waals surface area contributed by atoms with Crippen molar-refractivity contribution in [3.05, 3.63) is 22.8 Å². The number of carbonyl (C=O) groups is 1. The minimum absolute atomic E-state index is 0.00903. The fourth-order valence-corrected chi connectivity index (χ4v) is 2.59. The van der Waals surface area contributed by atoms with Crippen LogP contribution in [-0.2, 0) is 9.53 Å². The van der Waals surface area contributed by atoms with E-state index in [9.17, 15) is 4.79 Å². The van der Waals surface area contributed by atoms with Gasteiger partial charge in [-0.25, -0.2) is 0 Å². The van der Waals surface area contributed by atoms with Crippen molar-refractivity contribution >= 4 is 5.78 Å². The number of carbonyl (C=O) groups excluding carboxylic acids is 1. The van der Waals surface area contributed by atoms with Crippen molar-refractivity contribution in [2.75, 3.05) is 0 Å². The first-order valence-electron chi connectivity index (χ1n) is 6.45. The van der Waals surface area contributed by atoms with Crippen molar-refractivity contribution in [3.63, 3.8) is 0 Å². The Hall–Kier alpha value is -0.890. The molecule has 0 amide bonds. The van der Waals surface area contributed by atoms with Crippen LogP contribution in [0, 0.1) is 0 Å². The van der Waals surface area contributed by atoms with Crippen LogP contribution in [0.3, 0.4) is 0 Å². The molecule has 0 aromatic heterocycles. The normalized spacial score (nSPS) is 36.9. The Kier molecular flexibility index (Phi) is 3.26. The van der Waals surface area contributed by atoms with Crippen LogP contribution in [0.2, 0.25) is 0 Å². The summed E-state index contributed by atoms with van der Waals surface area (Å²) in [7, 11) is 0.